The van der Waals surface area contributed by atoms with Crippen LogP contribution in [0.3, 0.4) is 0 Å². The van der Waals surface area contributed by atoms with Crippen LogP contribution in [0.4, 0.5) is 0 Å². The average Bonchev–Trinajstić information content (AvgIpc) is 2.85. The topological polar surface area (TPSA) is 44.0 Å². The van der Waals surface area contributed by atoms with Crippen molar-refractivity contribution in [2.24, 2.45) is 40.4 Å². The van der Waals surface area contributed by atoms with E-state index in [1.165, 1.54) is 32.1 Å². The molecule has 8 atom stereocenters. The molecule has 1 unspecified atom stereocenters. The first-order chi connectivity index (χ1) is 10.5. The number of aliphatic hydroxyl groups excluding tert-OH is 1. The molecule has 0 heterocycles. The van der Waals surface area contributed by atoms with Crippen molar-refractivity contribution in [1.29, 1.82) is 5.26 Å². The Morgan fingerprint density at radius 1 is 1.00 bits per heavy atom. The zero-order valence-electron chi connectivity index (χ0n) is 14.2. The first-order valence-corrected chi connectivity index (χ1v) is 9.54. The van der Waals surface area contributed by atoms with Gasteiger partial charge in [-0.3, -0.25) is 0 Å². The van der Waals surface area contributed by atoms with Gasteiger partial charge in [-0.1, -0.05) is 13.8 Å². The van der Waals surface area contributed by atoms with Gasteiger partial charge in [-0.15, -0.1) is 0 Å². The largest absolute Gasteiger partial charge is 0.393 e. The predicted octanol–water partition coefficient (Wildman–Crippen LogP) is 4.53. The van der Waals surface area contributed by atoms with E-state index in [-0.39, 0.29) is 6.10 Å². The summed E-state index contributed by atoms with van der Waals surface area (Å²) in [6.45, 7) is 5.02. The summed E-state index contributed by atoms with van der Waals surface area (Å²) in [4.78, 5) is 0. The van der Waals surface area contributed by atoms with Crippen molar-refractivity contribution in [3.63, 3.8) is 0 Å². The molecule has 4 rings (SSSR count). The summed E-state index contributed by atoms with van der Waals surface area (Å²) in [6.07, 6.45) is 10.9. The number of hydrogen-bond acceptors (Lipinski definition) is 2. The Balaban J connectivity index is 1.61. The van der Waals surface area contributed by atoms with Crippen molar-refractivity contribution in [1.82, 2.24) is 0 Å². The van der Waals surface area contributed by atoms with E-state index in [2.05, 4.69) is 19.9 Å². The Morgan fingerprint density at radius 2 is 1.82 bits per heavy atom. The molecule has 0 aromatic carbocycles. The zero-order valence-corrected chi connectivity index (χ0v) is 14.2. The highest BCUT2D eigenvalue weighted by Crippen LogP contribution is 2.66. The summed E-state index contributed by atoms with van der Waals surface area (Å²) in [5.74, 6) is 3.56. The van der Waals surface area contributed by atoms with Gasteiger partial charge in [0.05, 0.1) is 12.2 Å². The number of aliphatic hydroxyl groups is 1. The van der Waals surface area contributed by atoms with Crippen LogP contribution in [-0.2, 0) is 0 Å². The minimum atomic E-state index is -0.0436. The van der Waals surface area contributed by atoms with Gasteiger partial charge in [-0.25, -0.2) is 0 Å². The molecule has 4 aliphatic carbocycles. The first-order valence-electron chi connectivity index (χ1n) is 9.54. The van der Waals surface area contributed by atoms with Gasteiger partial charge in [0.2, 0.25) is 0 Å². The maximum absolute atomic E-state index is 10.1. The van der Waals surface area contributed by atoms with Crippen LogP contribution in [0.25, 0.3) is 0 Å². The minimum Gasteiger partial charge on any atom is -0.393 e. The fraction of sp³-hybridized carbons (Fsp3) is 0.950. The van der Waals surface area contributed by atoms with Crippen LogP contribution in [-0.4, -0.2) is 11.2 Å². The molecule has 22 heavy (non-hydrogen) atoms. The normalized spacial score (nSPS) is 57.4. The van der Waals surface area contributed by atoms with Crippen molar-refractivity contribution in [2.75, 3.05) is 0 Å². The Morgan fingerprint density at radius 3 is 2.59 bits per heavy atom. The van der Waals surface area contributed by atoms with E-state index in [1.54, 1.807) is 0 Å². The van der Waals surface area contributed by atoms with E-state index in [0.717, 1.165) is 49.4 Å². The molecule has 0 amide bonds. The lowest BCUT2D eigenvalue weighted by Crippen LogP contribution is -2.53. The standard InChI is InChI=1S/C20H31NO/c1-19-7-6-17-16(18(19)9-13(11-19)12-21)4-3-14-10-15(22)5-8-20(14,17)2/h13-18,22H,3-11H2,1-2H3/t13?,14-,15-,16-,17+,18+,19-,20+/m0/s1. The average molecular weight is 301 g/mol. The third-order valence-corrected chi connectivity index (χ3v) is 8.59. The predicted molar refractivity (Wildman–Crippen MR) is 86.8 cm³/mol. The van der Waals surface area contributed by atoms with Crippen molar-refractivity contribution >= 4 is 0 Å². The molecule has 0 aliphatic heterocycles. The summed E-state index contributed by atoms with van der Waals surface area (Å²) < 4.78 is 0. The number of hydrogen-bond donors (Lipinski definition) is 1. The minimum absolute atomic E-state index is 0.0436. The van der Waals surface area contributed by atoms with E-state index in [4.69, 9.17) is 0 Å². The molecule has 4 fully saturated rings. The summed E-state index contributed by atoms with van der Waals surface area (Å²) in [7, 11) is 0. The van der Waals surface area contributed by atoms with Crippen LogP contribution >= 0.6 is 0 Å². The van der Waals surface area contributed by atoms with Gasteiger partial charge in [0.25, 0.3) is 0 Å². The lowest BCUT2D eigenvalue weighted by Gasteiger charge is -2.60. The lowest BCUT2D eigenvalue weighted by atomic mass is 9.45. The number of nitrogens with zero attached hydrogens (tertiary/aromatic N) is 1. The molecule has 0 aromatic rings. The molecule has 122 valence electrons. The zero-order chi connectivity index (χ0) is 15.5. The van der Waals surface area contributed by atoms with Gasteiger partial charge in [-0.2, -0.15) is 5.26 Å². The van der Waals surface area contributed by atoms with Crippen molar-refractivity contribution in [3.05, 3.63) is 0 Å². The summed E-state index contributed by atoms with van der Waals surface area (Å²) in [5, 5.41) is 19.5. The smallest absolute Gasteiger partial charge is 0.0656 e. The molecular weight excluding hydrogens is 270 g/mol. The van der Waals surface area contributed by atoms with Crippen LogP contribution in [0.1, 0.15) is 71.6 Å². The highest BCUT2D eigenvalue weighted by molar-refractivity contribution is 5.10. The van der Waals surface area contributed by atoms with Crippen LogP contribution in [0.15, 0.2) is 0 Å². The third-order valence-electron chi connectivity index (χ3n) is 8.59. The van der Waals surface area contributed by atoms with Crippen LogP contribution in [0.5, 0.6) is 0 Å². The van der Waals surface area contributed by atoms with Gasteiger partial charge < -0.3 is 5.11 Å². The van der Waals surface area contributed by atoms with Gasteiger partial charge in [0.15, 0.2) is 0 Å². The highest BCUT2D eigenvalue weighted by atomic mass is 16.3. The van der Waals surface area contributed by atoms with E-state index in [9.17, 15) is 10.4 Å². The molecule has 2 nitrogen and oxygen atoms in total. The Labute approximate surface area is 135 Å². The molecule has 4 saturated carbocycles. The fourth-order valence-corrected chi connectivity index (χ4v) is 7.39. The number of nitriles is 1. The quantitative estimate of drug-likeness (QED) is 0.714. The molecule has 0 radical (unpaired) electrons. The van der Waals surface area contributed by atoms with Gasteiger partial charge >= 0.3 is 0 Å². The third kappa shape index (κ3) is 2.01. The molecule has 1 N–H and O–H groups in total. The van der Waals surface area contributed by atoms with E-state index in [1.807, 2.05) is 0 Å². The SMILES string of the molecule is C[C@@]12CC[C@@H]3[C@H](CC[C@H]4C[C@@H](O)CC[C@]43C)[C@H]1CC(C#N)C2. The second-order valence-electron chi connectivity index (χ2n) is 9.54. The Hall–Kier alpha value is -0.550. The number of fused-ring (bicyclic) bond motifs is 5. The van der Waals surface area contributed by atoms with Crippen LogP contribution < -0.4 is 0 Å². The summed E-state index contributed by atoms with van der Waals surface area (Å²) >= 11 is 0. The first kappa shape index (κ1) is 15.0. The van der Waals surface area contributed by atoms with E-state index >= 15 is 0 Å². The molecule has 0 bridgehead atoms. The molecule has 0 spiro atoms. The van der Waals surface area contributed by atoms with Crippen molar-refractivity contribution in [2.45, 2.75) is 77.7 Å². The Bertz CT molecular complexity index is 496. The molecule has 4 aliphatic rings. The highest BCUT2D eigenvalue weighted by Gasteiger charge is 2.59. The molecule has 0 saturated heterocycles. The summed E-state index contributed by atoms with van der Waals surface area (Å²) in [5.41, 5.74) is 0.910. The van der Waals surface area contributed by atoms with Gasteiger partial charge in [0, 0.05) is 5.92 Å². The number of rotatable bonds is 0. The van der Waals surface area contributed by atoms with E-state index < -0.39 is 0 Å². The van der Waals surface area contributed by atoms with Crippen LogP contribution in [0.2, 0.25) is 0 Å². The molecular formula is C20H31NO. The van der Waals surface area contributed by atoms with Gasteiger partial charge in [0.1, 0.15) is 0 Å². The monoisotopic (exact) mass is 301 g/mol. The van der Waals surface area contributed by atoms with Crippen LogP contribution in [0, 0.1) is 51.8 Å². The summed E-state index contributed by atoms with van der Waals surface area (Å²) in [6, 6.07) is 2.58. The second-order valence-corrected chi connectivity index (χ2v) is 9.54. The Kier molecular flexibility index (Phi) is 3.39. The van der Waals surface area contributed by atoms with Crippen molar-refractivity contribution in [3.8, 4) is 6.07 Å². The lowest BCUT2D eigenvalue weighted by molar-refractivity contribution is -0.120. The van der Waals surface area contributed by atoms with Gasteiger partial charge in [-0.05, 0) is 92.3 Å². The molecule has 0 aromatic heterocycles. The fourth-order valence-electron chi connectivity index (χ4n) is 7.39. The maximum Gasteiger partial charge on any atom is 0.0656 e. The maximum atomic E-state index is 10.1. The molecule has 2 heteroatoms. The van der Waals surface area contributed by atoms with Crippen molar-refractivity contribution < 1.29 is 5.11 Å². The van der Waals surface area contributed by atoms with E-state index in [0.29, 0.717) is 16.7 Å². The second kappa shape index (κ2) is 4.97.